The first-order valence-corrected chi connectivity index (χ1v) is 1.62. The van der Waals surface area contributed by atoms with Crippen molar-refractivity contribution < 1.29 is 0 Å². The van der Waals surface area contributed by atoms with Crippen LogP contribution in [0.4, 0.5) is 0 Å². The molecule has 0 N–H and O–H groups in total. The molecule has 0 fully saturated rings. The van der Waals surface area contributed by atoms with E-state index < -0.39 is 0 Å². The van der Waals surface area contributed by atoms with Crippen LogP contribution in [-0.2, 0) is 0 Å². The molecule has 23 valence electrons. The van der Waals surface area contributed by atoms with Crippen molar-refractivity contribution in [2.75, 3.05) is 0 Å². The molecule has 0 aliphatic rings. The van der Waals surface area contributed by atoms with Crippen LogP contribution in [0.5, 0.6) is 0 Å². The van der Waals surface area contributed by atoms with Gasteiger partial charge in [0.15, 0.2) is 0 Å². The summed E-state index contributed by atoms with van der Waals surface area (Å²) in [5.74, 6) is 0. The van der Waals surface area contributed by atoms with Crippen molar-refractivity contribution in [3.63, 3.8) is 0 Å². The molecule has 0 aliphatic carbocycles. The van der Waals surface area contributed by atoms with E-state index in [2.05, 4.69) is 12.6 Å². The van der Waals surface area contributed by atoms with Crippen LogP contribution in [0, 0.1) is 0 Å². The highest BCUT2D eigenvalue weighted by atomic mass is 32.1. The number of allylic oxidation sites excluding steroid dienone is 1. The Morgan fingerprint density at radius 3 is 2.00 bits per heavy atom. The molecule has 0 heterocycles. The summed E-state index contributed by atoms with van der Waals surface area (Å²) in [5.41, 5.74) is 0. The molecule has 0 spiro atoms. The topological polar surface area (TPSA) is 0 Å². The Kier molecular flexibility index (Phi) is 2.93. The zero-order chi connectivity index (χ0) is 3.41. The number of rotatable bonds is 0. The summed E-state index contributed by atoms with van der Waals surface area (Å²) in [5, 5.41) is 1.58. The third-order valence-electron chi connectivity index (χ3n) is 0.136. The lowest BCUT2D eigenvalue weighted by Gasteiger charge is -1.46. The molecule has 0 aromatic rings. The molecule has 0 aromatic carbocycles. The van der Waals surface area contributed by atoms with E-state index in [4.69, 9.17) is 0 Å². The van der Waals surface area contributed by atoms with Crippen molar-refractivity contribution in [3.8, 4) is 0 Å². The van der Waals surface area contributed by atoms with Crippen molar-refractivity contribution in [3.05, 3.63) is 11.5 Å². The molecular formula is C3H5S. The summed E-state index contributed by atoms with van der Waals surface area (Å²) in [4.78, 5) is 0. The lowest BCUT2D eigenvalue weighted by Crippen LogP contribution is -1.20. The Morgan fingerprint density at radius 1 is 1.75 bits per heavy atom. The van der Waals surface area contributed by atoms with Gasteiger partial charge in [0.1, 0.15) is 0 Å². The quantitative estimate of drug-likeness (QED) is 0.409. The van der Waals surface area contributed by atoms with Crippen molar-refractivity contribution in [2.24, 2.45) is 0 Å². The van der Waals surface area contributed by atoms with Gasteiger partial charge in [-0.2, -0.15) is 0 Å². The lowest BCUT2D eigenvalue weighted by molar-refractivity contribution is 1.79. The molecule has 1 heteroatoms. The number of hydrogen-bond acceptors (Lipinski definition) is 0. The van der Waals surface area contributed by atoms with Crippen LogP contribution in [0.3, 0.4) is 0 Å². The highest BCUT2D eigenvalue weighted by Crippen LogP contribution is 1.69. The monoisotopic (exact) mass is 73.0 g/mol. The SMILES string of the molecule is CC=C[S]. The van der Waals surface area contributed by atoms with Gasteiger partial charge in [-0.1, -0.05) is 18.7 Å². The minimum atomic E-state index is 1.58. The minimum absolute atomic E-state index is 1.58. The van der Waals surface area contributed by atoms with E-state index in [1.165, 1.54) is 0 Å². The predicted octanol–water partition coefficient (Wildman–Crippen LogP) is 1.72. The lowest BCUT2D eigenvalue weighted by atomic mass is 10.8. The largest absolute Gasteiger partial charge is 0.0891 e. The first kappa shape index (κ1) is 3.96. The second-order valence-electron chi connectivity index (χ2n) is 0.469. The molecule has 0 rings (SSSR count). The smallest absolute Gasteiger partial charge is 0.00293 e. The van der Waals surface area contributed by atoms with E-state index >= 15 is 0 Å². The van der Waals surface area contributed by atoms with Gasteiger partial charge in [0, 0.05) is 0 Å². The molecule has 4 heavy (non-hydrogen) atoms. The van der Waals surface area contributed by atoms with Crippen LogP contribution in [0.25, 0.3) is 0 Å². The molecular weight excluding hydrogens is 68.1 g/mol. The minimum Gasteiger partial charge on any atom is -0.0891 e. The van der Waals surface area contributed by atoms with Gasteiger partial charge in [-0.15, -0.1) is 0 Å². The van der Waals surface area contributed by atoms with Gasteiger partial charge in [-0.25, -0.2) is 0 Å². The van der Waals surface area contributed by atoms with E-state index in [0.29, 0.717) is 0 Å². The summed E-state index contributed by atoms with van der Waals surface area (Å²) < 4.78 is 0. The van der Waals surface area contributed by atoms with Crippen LogP contribution in [0.1, 0.15) is 6.92 Å². The van der Waals surface area contributed by atoms with E-state index in [-0.39, 0.29) is 0 Å². The van der Waals surface area contributed by atoms with Crippen LogP contribution < -0.4 is 0 Å². The molecule has 0 nitrogen and oxygen atoms in total. The zero-order valence-electron chi connectivity index (χ0n) is 2.56. The molecule has 0 saturated carbocycles. The van der Waals surface area contributed by atoms with E-state index in [9.17, 15) is 0 Å². The van der Waals surface area contributed by atoms with Crippen LogP contribution in [-0.4, -0.2) is 0 Å². The summed E-state index contributed by atoms with van der Waals surface area (Å²) >= 11 is 4.37. The first-order chi connectivity index (χ1) is 1.91. The Balaban J connectivity index is 2.55. The maximum absolute atomic E-state index is 4.37. The van der Waals surface area contributed by atoms with Gasteiger partial charge in [0.25, 0.3) is 0 Å². The summed E-state index contributed by atoms with van der Waals surface area (Å²) in [6.45, 7) is 1.90. The Hall–Kier alpha value is -0.0400. The van der Waals surface area contributed by atoms with Gasteiger partial charge in [0.05, 0.1) is 0 Å². The standard InChI is InChI=1S/C3H5S/c1-2-3-4/h2-3H,1H3. The van der Waals surface area contributed by atoms with Gasteiger partial charge in [-0.3, -0.25) is 0 Å². The average molecular weight is 73.1 g/mol. The second-order valence-corrected chi connectivity index (χ2v) is 0.742. The average Bonchev–Trinajstić information content (AvgIpc) is 1.37. The maximum Gasteiger partial charge on any atom is -0.00293 e. The third-order valence-corrected chi connectivity index (χ3v) is 0.408. The highest BCUT2D eigenvalue weighted by molar-refractivity contribution is 7.83. The highest BCUT2D eigenvalue weighted by Gasteiger charge is 1.37. The van der Waals surface area contributed by atoms with Crippen LogP contribution in [0.2, 0.25) is 0 Å². The Morgan fingerprint density at radius 2 is 2.00 bits per heavy atom. The second kappa shape index (κ2) is 2.96. The van der Waals surface area contributed by atoms with Gasteiger partial charge < -0.3 is 0 Å². The van der Waals surface area contributed by atoms with Crippen molar-refractivity contribution in [1.82, 2.24) is 0 Å². The normalized spacial score (nSPS) is 9.25. The van der Waals surface area contributed by atoms with Gasteiger partial charge in [0.2, 0.25) is 0 Å². The van der Waals surface area contributed by atoms with E-state index in [0.717, 1.165) is 0 Å². The van der Waals surface area contributed by atoms with Crippen molar-refractivity contribution >= 4 is 12.6 Å². The van der Waals surface area contributed by atoms with Gasteiger partial charge >= 0.3 is 0 Å². The molecule has 0 bridgehead atoms. The Bertz CT molecular complexity index is 18.5. The molecule has 0 unspecified atom stereocenters. The molecule has 0 atom stereocenters. The molecule has 0 saturated heterocycles. The predicted molar refractivity (Wildman–Crippen MR) is 22.4 cm³/mol. The summed E-state index contributed by atoms with van der Waals surface area (Å²) in [6, 6.07) is 0. The summed E-state index contributed by atoms with van der Waals surface area (Å²) in [7, 11) is 0. The first-order valence-electron chi connectivity index (χ1n) is 1.15. The van der Waals surface area contributed by atoms with Crippen LogP contribution >= 0.6 is 12.6 Å². The fourth-order valence-corrected chi connectivity index (χ4v) is 0. The molecule has 1 radical (unpaired) electrons. The number of hydrogen-bond donors (Lipinski definition) is 0. The van der Waals surface area contributed by atoms with Crippen molar-refractivity contribution in [2.45, 2.75) is 6.92 Å². The van der Waals surface area contributed by atoms with Gasteiger partial charge in [-0.05, 0) is 12.3 Å². The summed E-state index contributed by atoms with van der Waals surface area (Å²) in [6.07, 6.45) is 1.81. The maximum atomic E-state index is 4.37. The molecule has 0 aliphatic heterocycles. The van der Waals surface area contributed by atoms with E-state index in [1.807, 2.05) is 13.0 Å². The fraction of sp³-hybridized carbons (Fsp3) is 0.333. The fourth-order valence-electron chi connectivity index (χ4n) is 0. The molecule has 0 amide bonds. The zero-order valence-corrected chi connectivity index (χ0v) is 3.38. The third kappa shape index (κ3) is 1.96. The van der Waals surface area contributed by atoms with Crippen molar-refractivity contribution in [1.29, 1.82) is 0 Å². The van der Waals surface area contributed by atoms with E-state index in [1.54, 1.807) is 5.41 Å². The van der Waals surface area contributed by atoms with Crippen LogP contribution in [0.15, 0.2) is 11.5 Å². The Labute approximate surface area is 31.9 Å². The molecule has 0 aromatic heterocycles.